The standard InChI is InChI=1S/C8H8O2.C7H5ClO/c1-10-8(9)7-5-3-2-4-6-7;8-7(9)6-4-2-1-3-5-6/h2-6H,1H3;1-5H. The Morgan fingerprint density at radius 3 is 1.58 bits per heavy atom. The van der Waals surface area contributed by atoms with Gasteiger partial charge in [-0.2, -0.15) is 0 Å². The molecule has 0 amide bonds. The average molecular weight is 277 g/mol. The predicted molar refractivity (Wildman–Crippen MR) is 74.4 cm³/mol. The van der Waals surface area contributed by atoms with Crippen LogP contribution in [0.3, 0.4) is 0 Å². The first-order valence-electron chi connectivity index (χ1n) is 5.53. The van der Waals surface area contributed by atoms with Crippen molar-refractivity contribution in [1.29, 1.82) is 0 Å². The zero-order valence-electron chi connectivity index (χ0n) is 10.4. The fourth-order valence-corrected chi connectivity index (χ4v) is 1.39. The van der Waals surface area contributed by atoms with Crippen LogP contribution in [0.2, 0.25) is 0 Å². The van der Waals surface area contributed by atoms with Gasteiger partial charge >= 0.3 is 5.97 Å². The Kier molecular flexibility index (Phi) is 6.33. The fraction of sp³-hybridized carbons (Fsp3) is 0.0667. The molecule has 0 fully saturated rings. The van der Waals surface area contributed by atoms with Gasteiger partial charge in [-0.3, -0.25) is 4.79 Å². The van der Waals surface area contributed by atoms with Gasteiger partial charge in [-0.05, 0) is 23.7 Å². The quantitative estimate of drug-likeness (QED) is 0.622. The first kappa shape index (κ1) is 14.9. The minimum atomic E-state index is -0.407. The molecular weight excluding hydrogens is 264 g/mol. The average Bonchev–Trinajstić information content (AvgIpc) is 2.49. The van der Waals surface area contributed by atoms with Crippen LogP contribution in [0.15, 0.2) is 60.7 Å². The smallest absolute Gasteiger partial charge is 0.337 e. The zero-order chi connectivity index (χ0) is 14.1. The van der Waals surface area contributed by atoms with Gasteiger partial charge in [0.1, 0.15) is 0 Å². The van der Waals surface area contributed by atoms with Crippen molar-refractivity contribution in [3.8, 4) is 0 Å². The molecule has 2 aromatic carbocycles. The molecule has 3 nitrogen and oxygen atoms in total. The maximum Gasteiger partial charge on any atom is 0.337 e. The van der Waals surface area contributed by atoms with Gasteiger partial charge in [0.05, 0.1) is 12.7 Å². The second kappa shape index (κ2) is 8.06. The number of carbonyl (C=O) groups excluding carboxylic acids is 2. The Hall–Kier alpha value is -2.13. The van der Waals surface area contributed by atoms with Gasteiger partial charge in [0.15, 0.2) is 0 Å². The number of esters is 1. The number of hydrogen-bond acceptors (Lipinski definition) is 3. The maximum absolute atomic E-state index is 10.8. The number of benzene rings is 2. The van der Waals surface area contributed by atoms with Crippen LogP contribution in [0, 0.1) is 0 Å². The zero-order valence-corrected chi connectivity index (χ0v) is 11.1. The van der Waals surface area contributed by atoms with E-state index in [4.69, 9.17) is 11.6 Å². The second-order valence-corrected chi connectivity index (χ2v) is 3.84. The molecule has 4 heteroatoms. The Labute approximate surface area is 116 Å². The van der Waals surface area contributed by atoms with Crippen molar-refractivity contribution < 1.29 is 14.3 Å². The van der Waals surface area contributed by atoms with Crippen molar-refractivity contribution in [2.45, 2.75) is 0 Å². The summed E-state index contributed by atoms with van der Waals surface area (Å²) in [5.74, 6) is -0.291. The molecule has 0 unspecified atom stereocenters. The summed E-state index contributed by atoms with van der Waals surface area (Å²) in [6.45, 7) is 0. The van der Waals surface area contributed by atoms with Crippen molar-refractivity contribution in [2.75, 3.05) is 7.11 Å². The van der Waals surface area contributed by atoms with E-state index < -0.39 is 5.24 Å². The first-order chi connectivity index (χ1) is 9.15. The Morgan fingerprint density at radius 1 is 0.842 bits per heavy atom. The molecule has 2 rings (SSSR count). The number of methoxy groups -OCH3 is 1. The maximum atomic E-state index is 10.8. The highest BCUT2D eigenvalue weighted by Gasteiger charge is 2.00. The van der Waals surface area contributed by atoms with E-state index in [1.807, 2.05) is 12.1 Å². The van der Waals surface area contributed by atoms with Crippen LogP contribution >= 0.6 is 11.6 Å². The number of ether oxygens (including phenoxy) is 1. The summed E-state index contributed by atoms with van der Waals surface area (Å²) in [5.41, 5.74) is 1.13. The van der Waals surface area contributed by atoms with Crippen LogP contribution in [0.25, 0.3) is 0 Å². The van der Waals surface area contributed by atoms with E-state index in [1.165, 1.54) is 7.11 Å². The fourth-order valence-electron chi connectivity index (χ4n) is 1.26. The molecule has 0 N–H and O–H groups in total. The van der Waals surface area contributed by atoms with E-state index in [9.17, 15) is 9.59 Å². The lowest BCUT2D eigenvalue weighted by Gasteiger charge is -1.95. The number of rotatable bonds is 2. The van der Waals surface area contributed by atoms with E-state index >= 15 is 0 Å². The Bertz CT molecular complexity index is 524. The number of carbonyl (C=O) groups is 2. The Morgan fingerprint density at radius 2 is 1.26 bits per heavy atom. The largest absolute Gasteiger partial charge is 0.465 e. The van der Waals surface area contributed by atoms with E-state index in [2.05, 4.69) is 4.74 Å². The first-order valence-corrected chi connectivity index (χ1v) is 5.91. The summed E-state index contributed by atoms with van der Waals surface area (Å²) in [5, 5.41) is -0.407. The minimum Gasteiger partial charge on any atom is -0.465 e. The van der Waals surface area contributed by atoms with E-state index in [1.54, 1.807) is 48.5 Å². The summed E-state index contributed by atoms with van der Waals surface area (Å²) in [4.78, 5) is 21.2. The third-order valence-electron chi connectivity index (χ3n) is 2.20. The lowest BCUT2D eigenvalue weighted by Crippen LogP contribution is -1.99. The van der Waals surface area contributed by atoms with Crippen molar-refractivity contribution in [1.82, 2.24) is 0 Å². The highest BCUT2D eigenvalue weighted by molar-refractivity contribution is 6.67. The molecular formula is C15H13ClO3. The molecule has 0 radical (unpaired) electrons. The van der Waals surface area contributed by atoms with Crippen LogP contribution in [0.4, 0.5) is 0 Å². The number of halogens is 1. The van der Waals surface area contributed by atoms with Crippen molar-refractivity contribution in [3.63, 3.8) is 0 Å². The van der Waals surface area contributed by atoms with Crippen molar-refractivity contribution >= 4 is 22.8 Å². The topological polar surface area (TPSA) is 43.4 Å². The molecule has 0 heterocycles. The summed E-state index contributed by atoms with van der Waals surface area (Å²) in [6, 6.07) is 17.6. The second-order valence-electron chi connectivity index (χ2n) is 3.50. The van der Waals surface area contributed by atoms with E-state index in [-0.39, 0.29) is 5.97 Å². The molecule has 0 spiro atoms. The van der Waals surface area contributed by atoms with Gasteiger partial charge in [0, 0.05) is 5.56 Å². The molecule has 0 aliphatic carbocycles. The predicted octanol–water partition coefficient (Wildman–Crippen LogP) is 3.54. The molecule has 0 saturated carbocycles. The molecule has 0 aliphatic heterocycles. The molecule has 2 aromatic rings. The van der Waals surface area contributed by atoms with Crippen LogP contribution in [0.1, 0.15) is 20.7 Å². The molecule has 98 valence electrons. The molecule has 19 heavy (non-hydrogen) atoms. The van der Waals surface area contributed by atoms with Crippen LogP contribution in [0.5, 0.6) is 0 Å². The SMILES string of the molecule is COC(=O)c1ccccc1.O=C(Cl)c1ccccc1. The molecule has 0 saturated heterocycles. The third-order valence-corrected chi connectivity index (χ3v) is 2.41. The van der Waals surface area contributed by atoms with Crippen LogP contribution in [-0.4, -0.2) is 18.3 Å². The minimum absolute atomic E-state index is 0.291. The lowest BCUT2D eigenvalue weighted by atomic mass is 10.2. The summed E-state index contributed by atoms with van der Waals surface area (Å²) >= 11 is 5.16. The van der Waals surface area contributed by atoms with Gasteiger partial charge in [-0.15, -0.1) is 0 Å². The molecule has 0 aromatic heterocycles. The highest BCUT2D eigenvalue weighted by atomic mass is 35.5. The third kappa shape index (κ3) is 5.36. The van der Waals surface area contributed by atoms with Gasteiger partial charge in [-0.1, -0.05) is 48.5 Å². The summed E-state index contributed by atoms with van der Waals surface area (Å²) < 4.78 is 4.50. The highest BCUT2D eigenvalue weighted by Crippen LogP contribution is 2.01. The van der Waals surface area contributed by atoms with Crippen LogP contribution in [-0.2, 0) is 4.74 Å². The summed E-state index contributed by atoms with van der Waals surface area (Å²) in [6.07, 6.45) is 0. The molecule has 0 bridgehead atoms. The monoisotopic (exact) mass is 276 g/mol. The molecule has 0 aliphatic rings. The Balaban J connectivity index is 0.000000191. The van der Waals surface area contributed by atoms with Gasteiger partial charge in [0.2, 0.25) is 0 Å². The van der Waals surface area contributed by atoms with Gasteiger partial charge < -0.3 is 4.74 Å². The van der Waals surface area contributed by atoms with Crippen molar-refractivity contribution in [3.05, 3.63) is 71.8 Å². The summed E-state index contributed by atoms with van der Waals surface area (Å²) in [7, 11) is 1.37. The molecule has 0 atom stereocenters. The van der Waals surface area contributed by atoms with Crippen LogP contribution < -0.4 is 0 Å². The normalized spacial score (nSPS) is 8.95. The van der Waals surface area contributed by atoms with Crippen molar-refractivity contribution in [2.24, 2.45) is 0 Å². The van der Waals surface area contributed by atoms with E-state index in [0.717, 1.165) is 0 Å². The van der Waals surface area contributed by atoms with Gasteiger partial charge in [0.25, 0.3) is 5.24 Å². The van der Waals surface area contributed by atoms with E-state index in [0.29, 0.717) is 11.1 Å². The number of hydrogen-bond donors (Lipinski definition) is 0. The lowest BCUT2D eigenvalue weighted by molar-refractivity contribution is 0.0600. The van der Waals surface area contributed by atoms with Gasteiger partial charge in [-0.25, -0.2) is 4.79 Å².